The van der Waals surface area contributed by atoms with Gasteiger partial charge in [-0.05, 0) is 43.0 Å². The molecule has 0 fully saturated rings. The lowest BCUT2D eigenvalue weighted by molar-refractivity contribution is -0.119. The molecule has 4 rings (SSSR count). The molecule has 3 heterocycles. The van der Waals surface area contributed by atoms with E-state index in [0.29, 0.717) is 40.9 Å². The second-order valence-corrected chi connectivity index (χ2v) is 10.7. The summed E-state index contributed by atoms with van der Waals surface area (Å²) in [5.74, 6) is 1.61. The molecule has 0 radical (unpaired) electrons. The summed E-state index contributed by atoms with van der Waals surface area (Å²) in [6.07, 6.45) is 1.67. The second-order valence-electron chi connectivity index (χ2n) is 8.54. The maximum atomic E-state index is 13.1. The number of fused-ring (bicyclic) bond motifs is 2. The summed E-state index contributed by atoms with van der Waals surface area (Å²) in [6, 6.07) is 5.60. The Bertz CT molecular complexity index is 1300. The quantitative estimate of drug-likeness (QED) is 0.276. The Kier molecular flexibility index (Phi) is 7.33. The van der Waals surface area contributed by atoms with Gasteiger partial charge in [-0.15, -0.1) is 17.9 Å². The molecule has 0 unspecified atom stereocenters. The van der Waals surface area contributed by atoms with Crippen molar-refractivity contribution in [2.24, 2.45) is 5.92 Å². The Labute approximate surface area is 207 Å². The van der Waals surface area contributed by atoms with E-state index in [9.17, 15) is 9.59 Å². The molecule has 0 saturated heterocycles. The normalized spacial score (nSPS) is 13.8. The molecule has 34 heavy (non-hydrogen) atoms. The van der Waals surface area contributed by atoms with Crippen molar-refractivity contribution in [1.29, 1.82) is 0 Å². The molecule has 1 aliphatic heterocycles. The van der Waals surface area contributed by atoms with E-state index in [-0.39, 0.29) is 29.2 Å². The number of carbonyl (C=O) groups is 1. The van der Waals surface area contributed by atoms with Crippen LogP contribution in [0.3, 0.4) is 0 Å². The fourth-order valence-corrected chi connectivity index (χ4v) is 5.83. The first kappa shape index (κ1) is 24.3. The fraction of sp³-hybridized carbons (Fsp3) is 0.400. The molecule has 7 nitrogen and oxygen atoms in total. The molecule has 9 heteroatoms. The number of benzene rings is 1. The molecule has 1 N–H and O–H groups in total. The van der Waals surface area contributed by atoms with Crippen LogP contribution in [0, 0.1) is 19.8 Å². The van der Waals surface area contributed by atoms with Crippen LogP contribution in [0.5, 0.6) is 11.5 Å². The average Bonchev–Trinajstić information content (AvgIpc) is 3.11. The molecule has 0 saturated carbocycles. The minimum atomic E-state index is -0.183. The zero-order valence-corrected chi connectivity index (χ0v) is 21.5. The highest BCUT2D eigenvalue weighted by Gasteiger charge is 2.22. The smallest absolute Gasteiger partial charge is 0.263 e. The Balaban J connectivity index is 1.53. The first-order valence-corrected chi connectivity index (χ1v) is 13.0. The summed E-state index contributed by atoms with van der Waals surface area (Å²) >= 11 is 2.77. The standard InChI is InChI=1S/C25H29N3O4S2/c1-6-9-28-24(30)21-15(4)16(5)34-23(21)27-25(28)33-13-20(29)26-22(14(2)3)17-7-8-18-19(12-17)32-11-10-31-18/h6-8,12,14,22H,1,9-11,13H2,2-5H3,(H,26,29)/t22-/m0/s1. The van der Waals surface area contributed by atoms with Crippen molar-refractivity contribution in [2.75, 3.05) is 19.0 Å². The molecular formula is C25H29N3O4S2. The van der Waals surface area contributed by atoms with Gasteiger partial charge in [-0.3, -0.25) is 14.2 Å². The number of rotatable bonds is 8. The first-order valence-electron chi connectivity index (χ1n) is 11.2. The molecule has 1 aromatic carbocycles. The fourth-order valence-electron chi connectivity index (χ4n) is 3.94. The number of nitrogens with one attached hydrogen (secondary N) is 1. The first-order chi connectivity index (χ1) is 16.3. The van der Waals surface area contributed by atoms with Crippen LogP contribution < -0.4 is 20.3 Å². The zero-order chi connectivity index (χ0) is 24.4. The third-order valence-corrected chi connectivity index (χ3v) is 7.88. The number of ether oxygens (including phenoxy) is 2. The van der Waals surface area contributed by atoms with Crippen LogP contribution in [0.25, 0.3) is 10.2 Å². The van der Waals surface area contributed by atoms with Crippen molar-refractivity contribution in [3.63, 3.8) is 0 Å². The van der Waals surface area contributed by atoms with Gasteiger partial charge in [-0.1, -0.05) is 37.8 Å². The van der Waals surface area contributed by atoms with Crippen molar-refractivity contribution in [3.8, 4) is 11.5 Å². The molecule has 3 aromatic rings. The minimum Gasteiger partial charge on any atom is -0.486 e. The topological polar surface area (TPSA) is 82.5 Å². The molecule has 0 bridgehead atoms. The second kappa shape index (κ2) is 10.2. The molecular weight excluding hydrogens is 470 g/mol. The average molecular weight is 500 g/mol. The Morgan fingerprint density at radius 1 is 1.29 bits per heavy atom. The maximum Gasteiger partial charge on any atom is 0.263 e. The molecule has 0 aliphatic carbocycles. The summed E-state index contributed by atoms with van der Waals surface area (Å²) in [5.41, 5.74) is 1.83. The predicted octanol–water partition coefficient (Wildman–Crippen LogP) is 4.64. The molecule has 1 atom stereocenters. The lowest BCUT2D eigenvalue weighted by Gasteiger charge is -2.25. The van der Waals surface area contributed by atoms with Gasteiger partial charge in [0.25, 0.3) is 5.56 Å². The molecule has 180 valence electrons. The summed E-state index contributed by atoms with van der Waals surface area (Å²) in [7, 11) is 0. The van der Waals surface area contributed by atoms with Crippen LogP contribution in [0.1, 0.15) is 35.9 Å². The summed E-state index contributed by atoms with van der Waals surface area (Å²) in [4.78, 5) is 32.6. The maximum absolute atomic E-state index is 13.1. The van der Waals surface area contributed by atoms with Crippen molar-refractivity contribution in [3.05, 3.63) is 57.2 Å². The number of hydrogen-bond acceptors (Lipinski definition) is 7. The van der Waals surface area contributed by atoms with Crippen LogP contribution in [0.4, 0.5) is 0 Å². The van der Waals surface area contributed by atoms with Gasteiger partial charge < -0.3 is 14.8 Å². The third kappa shape index (κ3) is 4.86. The van der Waals surface area contributed by atoms with E-state index >= 15 is 0 Å². The van der Waals surface area contributed by atoms with E-state index in [1.54, 1.807) is 10.6 Å². The highest BCUT2D eigenvalue weighted by Crippen LogP contribution is 2.34. The summed E-state index contributed by atoms with van der Waals surface area (Å²) in [6.45, 7) is 13.2. The van der Waals surface area contributed by atoms with Crippen LogP contribution >= 0.6 is 23.1 Å². The van der Waals surface area contributed by atoms with Gasteiger partial charge in [0.2, 0.25) is 5.91 Å². The number of hydrogen-bond donors (Lipinski definition) is 1. The number of allylic oxidation sites excluding steroid dienone is 1. The van der Waals surface area contributed by atoms with E-state index in [0.717, 1.165) is 21.8 Å². The Morgan fingerprint density at radius 2 is 2.03 bits per heavy atom. The third-order valence-electron chi connectivity index (χ3n) is 5.81. The number of thioether (sulfide) groups is 1. The largest absolute Gasteiger partial charge is 0.486 e. The van der Waals surface area contributed by atoms with Gasteiger partial charge in [0.1, 0.15) is 18.0 Å². The van der Waals surface area contributed by atoms with Gasteiger partial charge >= 0.3 is 0 Å². The zero-order valence-electron chi connectivity index (χ0n) is 19.8. The van der Waals surface area contributed by atoms with Crippen LogP contribution in [-0.2, 0) is 11.3 Å². The molecule has 1 aliphatic rings. The number of thiophene rings is 1. The molecule has 1 amide bonds. The molecule has 2 aromatic heterocycles. The van der Waals surface area contributed by atoms with Gasteiger partial charge in [-0.25, -0.2) is 4.98 Å². The van der Waals surface area contributed by atoms with Gasteiger partial charge in [-0.2, -0.15) is 0 Å². The van der Waals surface area contributed by atoms with Gasteiger partial charge in [0, 0.05) is 11.4 Å². The van der Waals surface area contributed by atoms with Crippen LogP contribution in [-0.4, -0.2) is 34.4 Å². The Morgan fingerprint density at radius 3 is 2.74 bits per heavy atom. The van der Waals surface area contributed by atoms with Crippen molar-refractivity contribution >= 4 is 39.2 Å². The van der Waals surface area contributed by atoms with E-state index in [1.807, 2.05) is 32.0 Å². The molecule has 0 spiro atoms. The van der Waals surface area contributed by atoms with Crippen molar-refractivity contribution in [1.82, 2.24) is 14.9 Å². The van der Waals surface area contributed by atoms with E-state index in [2.05, 4.69) is 25.7 Å². The number of carbonyl (C=O) groups excluding carboxylic acids is 1. The number of aromatic nitrogens is 2. The lowest BCUT2D eigenvalue weighted by atomic mass is 9.95. The van der Waals surface area contributed by atoms with Crippen LogP contribution in [0.2, 0.25) is 0 Å². The summed E-state index contributed by atoms with van der Waals surface area (Å²) in [5, 5.41) is 4.31. The predicted molar refractivity (Wildman–Crippen MR) is 137 cm³/mol. The van der Waals surface area contributed by atoms with Crippen LogP contribution in [0.15, 0.2) is 40.8 Å². The Hall–Kier alpha value is -2.78. The van der Waals surface area contributed by atoms with E-state index in [1.165, 1.54) is 23.1 Å². The summed E-state index contributed by atoms with van der Waals surface area (Å²) < 4.78 is 12.9. The van der Waals surface area contributed by atoms with Gasteiger partial charge in [0.15, 0.2) is 16.7 Å². The highest BCUT2D eigenvalue weighted by atomic mass is 32.2. The highest BCUT2D eigenvalue weighted by molar-refractivity contribution is 7.99. The lowest BCUT2D eigenvalue weighted by Crippen LogP contribution is -2.33. The minimum absolute atomic E-state index is 0.0917. The van der Waals surface area contributed by atoms with Gasteiger partial charge in [0.05, 0.1) is 17.2 Å². The van der Waals surface area contributed by atoms with E-state index < -0.39 is 0 Å². The van der Waals surface area contributed by atoms with E-state index in [4.69, 9.17) is 14.5 Å². The number of amides is 1. The SMILES string of the molecule is C=CCn1c(SCC(=O)N[C@H](c2ccc3c(c2)OCCO3)C(C)C)nc2sc(C)c(C)c2c1=O. The van der Waals surface area contributed by atoms with Crippen molar-refractivity contribution < 1.29 is 14.3 Å². The van der Waals surface area contributed by atoms with Crippen molar-refractivity contribution in [2.45, 2.75) is 45.4 Å². The number of aryl methyl sites for hydroxylation is 2. The monoisotopic (exact) mass is 499 g/mol. The number of nitrogens with zero attached hydrogens (tertiary/aromatic N) is 2.